The fourth-order valence-corrected chi connectivity index (χ4v) is 4.21. The summed E-state index contributed by atoms with van der Waals surface area (Å²) in [6.45, 7) is -1.40. The second-order valence-electron chi connectivity index (χ2n) is 7.08. The third-order valence-corrected chi connectivity index (χ3v) is 5.56. The smallest absolute Gasteiger partial charge is 0.336 e. The van der Waals surface area contributed by atoms with Crippen LogP contribution in [0.5, 0.6) is 0 Å². The van der Waals surface area contributed by atoms with Crippen LogP contribution in [0, 0.1) is 0 Å². The minimum absolute atomic E-state index is 0.369. The van der Waals surface area contributed by atoms with Gasteiger partial charge in [-0.25, -0.2) is 14.8 Å². The number of carbonyl (C=O) groups excluding carboxylic acids is 1. The molecule has 0 spiro atoms. The molecule has 0 radical (unpaired) electrons. The number of carbonyl (C=O) groups is 1. The van der Waals surface area contributed by atoms with Crippen LogP contribution in [0.4, 0.5) is 23.7 Å². The Labute approximate surface area is 194 Å². The Morgan fingerprint density at radius 1 is 1.16 bits per heavy atom. The number of halogens is 4. The lowest BCUT2D eigenvalue weighted by Gasteiger charge is -2.11. The molecule has 166 valence electrons. The first-order valence-electron chi connectivity index (χ1n) is 9.51. The van der Waals surface area contributed by atoms with E-state index in [1.165, 1.54) is 0 Å². The fraction of sp³-hybridized carbons (Fsp3) is 0.190. The van der Waals surface area contributed by atoms with Crippen LogP contribution < -0.4 is 10.6 Å². The minimum Gasteiger partial charge on any atom is -0.336 e. The molecule has 1 aromatic carbocycles. The molecule has 32 heavy (non-hydrogen) atoms. The van der Waals surface area contributed by atoms with Crippen LogP contribution in [0.15, 0.2) is 55.1 Å². The van der Waals surface area contributed by atoms with Crippen molar-refractivity contribution < 1.29 is 18.0 Å². The highest BCUT2D eigenvalue weighted by Crippen LogP contribution is 2.28. The minimum atomic E-state index is -4.47. The van der Waals surface area contributed by atoms with Gasteiger partial charge in [-0.2, -0.15) is 13.2 Å². The predicted octanol–water partition coefficient (Wildman–Crippen LogP) is 5.02. The van der Waals surface area contributed by atoms with E-state index in [1.807, 2.05) is 40.4 Å². The molecule has 4 rings (SSSR count). The van der Waals surface area contributed by atoms with Gasteiger partial charge in [-0.05, 0) is 24.3 Å². The number of nitrogens with one attached hydrogen (secondary N) is 2. The number of rotatable bonds is 5. The van der Waals surface area contributed by atoms with E-state index in [2.05, 4.69) is 37.9 Å². The summed E-state index contributed by atoms with van der Waals surface area (Å²) in [7, 11) is 1.96. The summed E-state index contributed by atoms with van der Waals surface area (Å²) in [6, 6.07) is 9.81. The average Bonchev–Trinajstić information content (AvgIpc) is 3.34. The van der Waals surface area contributed by atoms with Gasteiger partial charge in [0.15, 0.2) is 0 Å². The van der Waals surface area contributed by atoms with Crippen molar-refractivity contribution in [1.29, 1.82) is 0 Å². The molecule has 0 aliphatic heterocycles. The van der Waals surface area contributed by atoms with Crippen LogP contribution in [0.3, 0.4) is 0 Å². The van der Waals surface area contributed by atoms with Crippen LogP contribution in [-0.2, 0) is 11.5 Å². The normalized spacial score (nSPS) is 11.7. The third kappa shape index (κ3) is 4.71. The number of hydrogen-bond acceptors (Lipinski definition) is 3. The lowest BCUT2D eigenvalue weighted by Crippen LogP contribution is -2.36. The molecule has 3 aromatic heterocycles. The number of hydrogen-bond donors (Lipinski definition) is 2. The van der Waals surface area contributed by atoms with E-state index >= 15 is 0 Å². The van der Waals surface area contributed by atoms with Crippen molar-refractivity contribution in [3.8, 4) is 22.5 Å². The average molecular weight is 554 g/mol. The molecule has 0 saturated carbocycles. The van der Waals surface area contributed by atoms with Gasteiger partial charge in [-0.3, -0.25) is 4.40 Å². The van der Waals surface area contributed by atoms with E-state index in [4.69, 9.17) is 0 Å². The summed E-state index contributed by atoms with van der Waals surface area (Å²) in [5.74, 6) is 0. The molecule has 2 amide bonds. The molecule has 0 fully saturated rings. The van der Waals surface area contributed by atoms with Gasteiger partial charge in [-0.15, -0.1) is 0 Å². The summed E-state index contributed by atoms with van der Waals surface area (Å²) in [5, 5.41) is 4.21. The van der Waals surface area contributed by atoms with Gasteiger partial charge >= 0.3 is 12.2 Å². The number of fused-ring (bicyclic) bond motifs is 1. The van der Waals surface area contributed by atoms with Gasteiger partial charge in [0, 0.05) is 34.5 Å². The van der Waals surface area contributed by atoms with Gasteiger partial charge in [0.1, 0.15) is 12.2 Å². The van der Waals surface area contributed by atoms with Gasteiger partial charge in [-0.1, -0.05) is 34.7 Å². The zero-order chi connectivity index (χ0) is 22.9. The Morgan fingerprint density at radius 3 is 2.72 bits per heavy atom. The second-order valence-corrected chi connectivity index (χ2v) is 7.84. The summed E-state index contributed by atoms with van der Waals surface area (Å²) in [6.07, 6.45) is 0.920. The number of benzene rings is 1. The number of pyridine rings is 1. The van der Waals surface area contributed by atoms with E-state index in [-0.39, 0.29) is 0 Å². The van der Waals surface area contributed by atoms with E-state index in [9.17, 15) is 18.0 Å². The number of anilines is 1. The molecule has 0 aliphatic carbocycles. The van der Waals surface area contributed by atoms with Crippen LogP contribution in [0.25, 0.3) is 28.2 Å². The number of alkyl halides is 4. The molecule has 2 N–H and O–H groups in total. The highest BCUT2D eigenvalue weighted by Gasteiger charge is 2.27. The van der Waals surface area contributed by atoms with E-state index < -0.39 is 18.8 Å². The standard InChI is InChI=1S/C21H18F3IN6O/c1-30-12-28-19(16(30)9-25)14-5-6-31-17(10-26-18(31)8-14)13-3-2-4-15(7-13)29-20(32)27-11-21(22,23)24/h2-8,10,12H,9,11H2,1H3,(H2,27,29,32). The monoisotopic (exact) mass is 554 g/mol. The number of amides is 2. The first-order chi connectivity index (χ1) is 15.2. The summed E-state index contributed by atoms with van der Waals surface area (Å²) in [5.41, 5.74) is 5.61. The highest BCUT2D eigenvalue weighted by molar-refractivity contribution is 14.1. The molecule has 0 saturated heterocycles. The quantitative estimate of drug-likeness (QED) is 0.269. The Balaban J connectivity index is 1.59. The van der Waals surface area contributed by atoms with Gasteiger partial charge < -0.3 is 15.2 Å². The Hall–Kier alpha value is -3.09. The van der Waals surface area contributed by atoms with Crippen molar-refractivity contribution >= 4 is 40.0 Å². The Kier molecular flexibility index (Phi) is 6.09. The fourth-order valence-electron chi connectivity index (χ4n) is 3.31. The zero-order valence-corrected chi connectivity index (χ0v) is 19.0. The van der Waals surface area contributed by atoms with Crippen LogP contribution in [-0.4, -0.2) is 37.7 Å². The Bertz CT molecular complexity index is 1280. The van der Waals surface area contributed by atoms with Crippen molar-refractivity contribution in [3.05, 3.63) is 60.8 Å². The van der Waals surface area contributed by atoms with Crippen molar-refractivity contribution in [1.82, 2.24) is 24.3 Å². The number of aromatic nitrogens is 4. The Morgan fingerprint density at radius 2 is 1.97 bits per heavy atom. The zero-order valence-electron chi connectivity index (χ0n) is 16.8. The summed E-state index contributed by atoms with van der Waals surface area (Å²) in [4.78, 5) is 20.7. The molecule has 11 heteroatoms. The van der Waals surface area contributed by atoms with Gasteiger partial charge in [0.05, 0.1) is 29.6 Å². The van der Waals surface area contributed by atoms with Crippen LogP contribution >= 0.6 is 22.6 Å². The summed E-state index contributed by atoms with van der Waals surface area (Å²) >= 11 is 2.31. The lowest BCUT2D eigenvalue weighted by atomic mass is 10.1. The molecule has 0 unspecified atom stereocenters. The molecule has 0 aliphatic rings. The largest absolute Gasteiger partial charge is 0.405 e. The van der Waals surface area contributed by atoms with Crippen molar-refractivity contribution in [2.75, 3.05) is 11.9 Å². The molecule has 7 nitrogen and oxygen atoms in total. The number of urea groups is 1. The maximum absolute atomic E-state index is 12.3. The maximum Gasteiger partial charge on any atom is 0.405 e. The number of nitrogens with zero attached hydrogens (tertiary/aromatic N) is 4. The molecule has 4 aromatic rings. The molecule has 0 atom stereocenters. The number of aryl methyl sites for hydroxylation is 1. The van der Waals surface area contributed by atoms with Crippen molar-refractivity contribution in [3.63, 3.8) is 0 Å². The lowest BCUT2D eigenvalue weighted by molar-refractivity contribution is -0.122. The first kappa shape index (κ1) is 22.1. The van der Waals surface area contributed by atoms with Gasteiger partial charge in [0.2, 0.25) is 0 Å². The van der Waals surface area contributed by atoms with Crippen LogP contribution in [0.2, 0.25) is 0 Å². The predicted molar refractivity (Wildman–Crippen MR) is 124 cm³/mol. The molecule has 0 bridgehead atoms. The topological polar surface area (TPSA) is 76.2 Å². The van der Waals surface area contributed by atoms with Crippen molar-refractivity contribution in [2.24, 2.45) is 7.05 Å². The van der Waals surface area contributed by atoms with E-state index in [0.717, 1.165) is 38.3 Å². The van der Waals surface area contributed by atoms with Gasteiger partial charge in [0.25, 0.3) is 0 Å². The molecular weight excluding hydrogens is 536 g/mol. The SMILES string of the molecule is Cn1cnc(-c2ccn3c(-c4cccc(NC(=O)NCC(F)(F)F)c4)cnc3c2)c1CI. The van der Waals surface area contributed by atoms with E-state index in [1.54, 1.807) is 36.0 Å². The summed E-state index contributed by atoms with van der Waals surface area (Å²) < 4.78 is 41.5. The van der Waals surface area contributed by atoms with Crippen LogP contribution in [0.1, 0.15) is 5.69 Å². The first-order valence-corrected chi connectivity index (χ1v) is 11.0. The maximum atomic E-state index is 12.3. The second kappa shape index (κ2) is 8.81. The highest BCUT2D eigenvalue weighted by atomic mass is 127. The third-order valence-electron chi connectivity index (χ3n) is 4.84. The molecular formula is C21H18F3IN6O. The molecule has 3 heterocycles. The number of imidazole rings is 2. The van der Waals surface area contributed by atoms with E-state index in [0.29, 0.717) is 5.69 Å². The van der Waals surface area contributed by atoms with Crippen molar-refractivity contribution in [2.45, 2.75) is 10.6 Å².